The van der Waals surface area contributed by atoms with Crippen molar-refractivity contribution in [1.82, 2.24) is 10.6 Å². The van der Waals surface area contributed by atoms with Crippen LogP contribution in [0.1, 0.15) is 12.8 Å². The Morgan fingerprint density at radius 1 is 1.16 bits per heavy atom. The number of nitrogens with one attached hydrogen (secondary N) is 3. The van der Waals surface area contributed by atoms with Gasteiger partial charge in [-0.2, -0.15) is 0 Å². The molecule has 0 heterocycles. The molecule has 0 aliphatic heterocycles. The van der Waals surface area contributed by atoms with E-state index in [-0.39, 0.29) is 18.4 Å². The number of carbonyl (C=O) groups excluding carboxylic acids is 2. The zero-order valence-corrected chi connectivity index (χ0v) is 11.6. The molecular weight excluding hydrogens is 266 g/mol. The van der Waals surface area contributed by atoms with E-state index in [1.165, 1.54) is 0 Å². The Labute approximate surface area is 117 Å². The molecule has 0 aromatic heterocycles. The summed E-state index contributed by atoms with van der Waals surface area (Å²) in [6.07, 6.45) is 0.970. The smallest absolute Gasteiger partial charge is 0.233 e. The normalized spacial score (nSPS) is 10.0. The Kier molecular flexibility index (Phi) is 6.92. The molecule has 1 aromatic carbocycles. The van der Waals surface area contributed by atoms with Crippen LogP contribution in [-0.4, -0.2) is 32.0 Å². The monoisotopic (exact) mass is 283 g/mol. The summed E-state index contributed by atoms with van der Waals surface area (Å²) in [7, 11) is 1.71. The van der Waals surface area contributed by atoms with Crippen molar-refractivity contribution in [2.45, 2.75) is 12.8 Å². The molecule has 5 nitrogen and oxygen atoms in total. The quantitative estimate of drug-likeness (QED) is 0.663. The number of anilines is 1. The molecule has 104 valence electrons. The lowest BCUT2D eigenvalue weighted by Gasteiger charge is -2.06. The van der Waals surface area contributed by atoms with Gasteiger partial charge in [-0.3, -0.25) is 9.59 Å². The number of amides is 2. The molecular formula is C13H18ClN3O2. The highest BCUT2D eigenvalue weighted by Gasteiger charge is 2.03. The molecule has 0 unspecified atom stereocenters. The summed E-state index contributed by atoms with van der Waals surface area (Å²) in [6, 6.07) is 6.92. The first-order valence-electron chi connectivity index (χ1n) is 6.08. The summed E-state index contributed by atoms with van der Waals surface area (Å²) in [5, 5.41) is 8.85. The molecule has 19 heavy (non-hydrogen) atoms. The van der Waals surface area contributed by atoms with E-state index < -0.39 is 0 Å². The minimum atomic E-state index is -0.0785. The van der Waals surface area contributed by atoms with Crippen LogP contribution in [0.2, 0.25) is 5.02 Å². The Morgan fingerprint density at radius 3 is 2.47 bits per heavy atom. The van der Waals surface area contributed by atoms with Crippen molar-refractivity contribution >= 4 is 29.1 Å². The Hall–Kier alpha value is -1.59. The zero-order chi connectivity index (χ0) is 14.1. The van der Waals surface area contributed by atoms with Gasteiger partial charge in [0, 0.05) is 23.7 Å². The maximum Gasteiger partial charge on any atom is 0.233 e. The topological polar surface area (TPSA) is 70.2 Å². The maximum atomic E-state index is 11.6. The van der Waals surface area contributed by atoms with Gasteiger partial charge in [-0.1, -0.05) is 11.6 Å². The van der Waals surface area contributed by atoms with Crippen LogP contribution in [0.4, 0.5) is 5.69 Å². The first kappa shape index (κ1) is 15.5. The lowest BCUT2D eigenvalue weighted by Crippen LogP contribution is -2.33. The van der Waals surface area contributed by atoms with E-state index in [0.717, 1.165) is 0 Å². The van der Waals surface area contributed by atoms with Gasteiger partial charge >= 0.3 is 0 Å². The predicted molar refractivity (Wildman–Crippen MR) is 76.3 cm³/mol. The second-order valence-electron chi connectivity index (χ2n) is 4.04. The first-order valence-corrected chi connectivity index (χ1v) is 6.46. The van der Waals surface area contributed by atoms with E-state index in [1.54, 1.807) is 31.3 Å². The van der Waals surface area contributed by atoms with E-state index >= 15 is 0 Å². The highest BCUT2D eigenvalue weighted by Crippen LogP contribution is 2.13. The van der Waals surface area contributed by atoms with Crippen LogP contribution in [0.25, 0.3) is 0 Å². The standard InChI is InChI=1S/C13H18ClN3O2/c1-15-9-13(19)16-8-2-3-12(18)17-11-6-4-10(14)5-7-11/h4-7,15H,2-3,8-9H2,1H3,(H,16,19)(H,17,18). The summed E-state index contributed by atoms with van der Waals surface area (Å²) in [4.78, 5) is 22.7. The number of hydrogen-bond acceptors (Lipinski definition) is 3. The molecule has 0 atom stereocenters. The van der Waals surface area contributed by atoms with Crippen LogP contribution in [0.3, 0.4) is 0 Å². The summed E-state index contributed by atoms with van der Waals surface area (Å²) in [5.41, 5.74) is 0.716. The van der Waals surface area contributed by atoms with Gasteiger partial charge in [0.25, 0.3) is 0 Å². The Morgan fingerprint density at radius 2 is 1.84 bits per heavy atom. The average Bonchev–Trinajstić information content (AvgIpc) is 2.38. The number of hydrogen-bond donors (Lipinski definition) is 3. The molecule has 0 spiro atoms. The summed E-state index contributed by atoms with van der Waals surface area (Å²) in [5.74, 6) is -0.147. The molecule has 2 amide bonds. The molecule has 3 N–H and O–H groups in total. The number of likely N-dealkylation sites (N-methyl/N-ethyl adjacent to an activating group) is 1. The molecule has 1 rings (SSSR count). The molecule has 1 aromatic rings. The summed E-state index contributed by atoms with van der Waals surface area (Å²) >= 11 is 5.75. The van der Waals surface area contributed by atoms with Crippen molar-refractivity contribution in [2.24, 2.45) is 0 Å². The van der Waals surface area contributed by atoms with Gasteiger partial charge in [-0.15, -0.1) is 0 Å². The minimum Gasteiger partial charge on any atom is -0.355 e. The van der Waals surface area contributed by atoms with Crippen molar-refractivity contribution in [1.29, 1.82) is 0 Å². The van der Waals surface area contributed by atoms with Crippen LogP contribution in [-0.2, 0) is 9.59 Å². The highest BCUT2D eigenvalue weighted by molar-refractivity contribution is 6.30. The van der Waals surface area contributed by atoms with Crippen LogP contribution >= 0.6 is 11.6 Å². The van der Waals surface area contributed by atoms with Crippen LogP contribution in [0, 0.1) is 0 Å². The van der Waals surface area contributed by atoms with Gasteiger partial charge in [0.2, 0.25) is 11.8 Å². The third-order valence-electron chi connectivity index (χ3n) is 2.37. The number of rotatable bonds is 7. The van der Waals surface area contributed by atoms with E-state index in [2.05, 4.69) is 16.0 Å². The van der Waals surface area contributed by atoms with Crippen molar-refractivity contribution in [3.05, 3.63) is 29.3 Å². The van der Waals surface area contributed by atoms with E-state index in [1.807, 2.05) is 0 Å². The van der Waals surface area contributed by atoms with E-state index in [4.69, 9.17) is 11.6 Å². The van der Waals surface area contributed by atoms with Crippen LogP contribution < -0.4 is 16.0 Å². The van der Waals surface area contributed by atoms with Crippen molar-refractivity contribution < 1.29 is 9.59 Å². The number of halogens is 1. The van der Waals surface area contributed by atoms with Crippen LogP contribution in [0.15, 0.2) is 24.3 Å². The Balaban J connectivity index is 2.18. The lowest BCUT2D eigenvalue weighted by molar-refractivity contribution is -0.120. The average molecular weight is 284 g/mol. The predicted octanol–water partition coefficient (Wildman–Crippen LogP) is 1.39. The van der Waals surface area contributed by atoms with Gasteiger partial charge in [-0.25, -0.2) is 0 Å². The fraction of sp³-hybridized carbons (Fsp3) is 0.385. The van der Waals surface area contributed by atoms with E-state index in [9.17, 15) is 9.59 Å². The van der Waals surface area contributed by atoms with Gasteiger partial charge in [0.15, 0.2) is 0 Å². The van der Waals surface area contributed by atoms with Gasteiger partial charge in [-0.05, 0) is 37.7 Å². The third-order valence-corrected chi connectivity index (χ3v) is 2.62. The second-order valence-corrected chi connectivity index (χ2v) is 4.48. The number of carbonyl (C=O) groups is 2. The minimum absolute atomic E-state index is 0.0689. The van der Waals surface area contributed by atoms with Crippen molar-refractivity contribution in [3.8, 4) is 0 Å². The van der Waals surface area contributed by atoms with E-state index in [0.29, 0.717) is 30.1 Å². The maximum absolute atomic E-state index is 11.6. The molecule has 0 radical (unpaired) electrons. The number of benzene rings is 1. The van der Waals surface area contributed by atoms with Crippen LogP contribution in [0.5, 0.6) is 0 Å². The molecule has 6 heteroatoms. The third kappa shape index (κ3) is 6.79. The largest absolute Gasteiger partial charge is 0.355 e. The fourth-order valence-corrected chi connectivity index (χ4v) is 1.58. The summed E-state index contributed by atoms with van der Waals surface area (Å²) < 4.78 is 0. The molecule has 0 aliphatic rings. The zero-order valence-electron chi connectivity index (χ0n) is 10.8. The van der Waals surface area contributed by atoms with Gasteiger partial charge in [0.1, 0.15) is 0 Å². The Bertz CT molecular complexity index is 420. The molecule has 0 fully saturated rings. The SMILES string of the molecule is CNCC(=O)NCCCC(=O)Nc1ccc(Cl)cc1. The van der Waals surface area contributed by atoms with Gasteiger partial charge in [0.05, 0.1) is 6.54 Å². The fourth-order valence-electron chi connectivity index (χ4n) is 1.46. The highest BCUT2D eigenvalue weighted by atomic mass is 35.5. The van der Waals surface area contributed by atoms with Crippen molar-refractivity contribution in [2.75, 3.05) is 25.5 Å². The summed E-state index contributed by atoms with van der Waals surface area (Å²) in [6.45, 7) is 0.783. The first-order chi connectivity index (χ1) is 9.11. The molecule has 0 aliphatic carbocycles. The second kappa shape index (κ2) is 8.50. The molecule has 0 saturated heterocycles. The van der Waals surface area contributed by atoms with Crippen molar-refractivity contribution in [3.63, 3.8) is 0 Å². The molecule has 0 bridgehead atoms. The molecule has 0 saturated carbocycles. The lowest BCUT2D eigenvalue weighted by atomic mass is 10.2. The van der Waals surface area contributed by atoms with Gasteiger partial charge < -0.3 is 16.0 Å².